The topological polar surface area (TPSA) is 78.9 Å². The summed E-state index contributed by atoms with van der Waals surface area (Å²) < 4.78 is 17.0. The molecule has 0 aliphatic heterocycles. The first-order valence-electron chi connectivity index (χ1n) is 37.1. The molecule has 0 fully saturated rings. The van der Waals surface area contributed by atoms with Crippen LogP contribution in [-0.4, -0.2) is 37.2 Å². The van der Waals surface area contributed by atoms with E-state index in [4.69, 9.17) is 14.2 Å². The molecule has 0 bridgehead atoms. The van der Waals surface area contributed by atoms with E-state index in [-0.39, 0.29) is 31.1 Å². The predicted molar refractivity (Wildman–Crippen MR) is 362 cm³/mol. The Kier molecular flexibility index (Phi) is 69.6. The van der Waals surface area contributed by atoms with Crippen LogP contribution in [0.3, 0.4) is 0 Å². The van der Waals surface area contributed by atoms with Crippen molar-refractivity contribution < 1.29 is 28.6 Å². The summed E-state index contributed by atoms with van der Waals surface area (Å²) in [5.74, 6) is -0.854. The summed E-state index contributed by atoms with van der Waals surface area (Å²) in [5, 5.41) is 0. The number of allylic oxidation sites excluding steroid dienone is 8. The van der Waals surface area contributed by atoms with Gasteiger partial charge < -0.3 is 14.2 Å². The summed E-state index contributed by atoms with van der Waals surface area (Å²) in [6.07, 6.45) is 91.5. The molecule has 0 aromatic rings. The molecule has 0 saturated carbocycles. The van der Waals surface area contributed by atoms with E-state index in [0.717, 1.165) is 77.0 Å². The minimum Gasteiger partial charge on any atom is -0.462 e. The fourth-order valence-corrected chi connectivity index (χ4v) is 11.2. The van der Waals surface area contributed by atoms with Crippen LogP contribution in [0.25, 0.3) is 0 Å². The second-order valence-corrected chi connectivity index (χ2v) is 25.2. The van der Waals surface area contributed by atoms with Crippen LogP contribution in [0.15, 0.2) is 48.6 Å². The van der Waals surface area contributed by atoms with Crippen LogP contribution >= 0.6 is 0 Å². The van der Waals surface area contributed by atoms with Gasteiger partial charge in [0.1, 0.15) is 13.2 Å². The van der Waals surface area contributed by atoms with E-state index in [1.807, 2.05) is 0 Å². The Balaban J connectivity index is 4.22. The highest BCUT2D eigenvalue weighted by Gasteiger charge is 2.19. The van der Waals surface area contributed by atoms with Gasteiger partial charge in [-0.15, -0.1) is 0 Å². The third-order valence-corrected chi connectivity index (χ3v) is 16.8. The molecule has 0 aromatic carbocycles. The molecule has 0 aromatic heterocycles. The first-order chi connectivity index (χ1) is 41.0. The van der Waals surface area contributed by atoms with Crippen molar-refractivity contribution in [1.29, 1.82) is 0 Å². The average molecular weight is 1160 g/mol. The van der Waals surface area contributed by atoms with Crippen molar-refractivity contribution in [2.45, 2.75) is 412 Å². The molecule has 0 saturated heterocycles. The lowest BCUT2D eigenvalue weighted by Gasteiger charge is -2.18. The third-order valence-electron chi connectivity index (χ3n) is 16.8. The van der Waals surface area contributed by atoms with Gasteiger partial charge in [-0.2, -0.15) is 0 Å². The maximum Gasteiger partial charge on any atom is 0.306 e. The Morgan fingerprint density at radius 3 is 0.699 bits per heavy atom. The van der Waals surface area contributed by atoms with Crippen molar-refractivity contribution >= 4 is 17.9 Å². The molecule has 486 valence electrons. The first kappa shape index (κ1) is 80.4. The molecule has 0 heterocycles. The Hall–Kier alpha value is -2.63. The van der Waals surface area contributed by atoms with Gasteiger partial charge in [0.2, 0.25) is 0 Å². The number of hydrogen-bond acceptors (Lipinski definition) is 6. The smallest absolute Gasteiger partial charge is 0.306 e. The first-order valence-corrected chi connectivity index (χ1v) is 37.1. The molecule has 1 unspecified atom stereocenters. The van der Waals surface area contributed by atoms with Crippen LogP contribution in [0.2, 0.25) is 0 Å². The molecule has 0 amide bonds. The van der Waals surface area contributed by atoms with Gasteiger partial charge in [0.05, 0.1) is 0 Å². The number of carbonyl (C=O) groups excluding carboxylic acids is 3. The standard InChI is InChI=1S/C77H142O6/c1-4-7-10-13-16-19-22-25-27-29-31-33-35-37-38-40-41-43-45-47-49-52-55-58-61-64-67-70-76(79)82-73-74(72-81-75(78)69-66-63-60-57-54-51-24-21-18-15-12-9-6-3)83-77(80)71-68-65-62-59-56-53-50-48-46-44-42-39-36-34-32-30-28-26-23-20-17-14-11-8-5-2/h21-22,24-25,29,31,35,37,74H,4-20,23,26-28,30,32-34,36,38-73H2,1-3H3/b24-21-,25-22-,31-29-,37-35-. The molecular formula is C77H142O6. The van der Waals surface area contributed by atoms with E-state index in [0.29, 0.717) is 19.3 Å². The molecule has 0 aliphatic rings. The third kappa shape index (κ3) is 70.0. The fourth-order valence-electron chi connectivity index (χ4n) is 11.2. The molecule has 6 nitrogen and oxygen atoms in total. The predicted octanol–water partition coefficient (Wildman–Crippen LogP) is 25.7. The highest BCUT2D eigenvalue weighted by atomic mass is 16.6. The normalized spacial score (nSPS) is 12.3. The molecule has 0 N–H and O–H groups in total. The van der Waals surface area contributed by atoms with Crippen LogP contribution in [-0.2, 0) is 28.6 Å². The Labute approximate surface area is 518 Å². The number of unbranched alkanes of at least 4 members (excludes halogenated alkanes) is 50. The molecule has 0 radical (unpaired) electrons. The van der Waals surface area contributed by atoms with E-state index in [1.54, 1.807) is 0 Å². The summed E-state index contributed by atoms with van der Waals surface area (Å²) in [4.78, 5) is 38.5. The quantitative estimate of drug-likeness (QED) is 0.0261. The molecule has 6 heteroatoms. The van der Waals surface area contributed by atoms with Crippen molar-refractivity contribution in [2.24, 2.45) is 0 Å². The van der Waals surface area contributed by atoms with Gasteiger partial charge in [0.25, 0.3) is 0 Å². The number of ether oxygens (including phenoxy) is 3. The minimum atomic E-state index is -0.776. The van der Waals surface area contributed by atoms with Gasteiger partial charge in [-0.1, -0.05) is 352 Å². The van der Waals surface area contributed by atoms with Crippen molar-refractivity contribution in [3.63, 3.8) is 0 Å². The zero-order valence-electron chi connectivity index (χ0n) is 56.0. The summed E-state index contributed by atoms with van der Waals surface area (Å²) in [5.41, 5.74) is 0. The summed E-state index contributed by atoms with van der Waals surface area (Å²) in [7, 11) is 0. The maximum absolute atomic E-state index is 13.0. The Bertz CT molecular complexity index is 1430. The van der Waals surface area contributed by atoms with Crippen molar-refractivity contribution in [2.75, 3.05) is 13.2 Å². The summed E-state index contributed by atoms with van der Waals surface area (Å²) in [6.45, 7) is 6.68. The van der Waals surface area contributed by atoms with Gasteiger partial charge in [0, 0.05) is 19.3 Å². The van der Waals surface area contributed by atoms with Crippen molar-refractivity contribution in [3.05, 3.63) is 48.6 Å². The maximum atomic E-state index is 13.0. The fraction of sp³-hybridized carbons (Fsp3) is 0.857. The number of rotatable bonds is 69. The van der Waals surface area contributed by atoms with Gasteiger partial charge in [-0.05, 0) is 83.5 Å². The lowest BCUT2D eigenvalue weighted by Crippen LogP contribution is -2.30. The summed E-state index contributed by atoms with van der Waals surface area (Å²) >= 11 is 0. The van der Waals surface area contributed by atoms with Gasteiger partial charge in [0.15, 0.2) is 6.10 Å². The number of hydrogen-bond donors (Lipinski definition) is 0. The Morgan fingerprint density at radius 1 is 0.241 bits per heavy atom. The number of esters is 3. The second kappa shape index (κ2) is 71.8. The van der Waals surface area contributed by atoms with Crippen LogP contribution in [0.1, 0.15) is 406 Å². The van der Waals surface area contributed by atoms with Crippen molar-refractivity contribution in [1.82, 2.24) is 0 Å². The van der Waals surface area contributed by atoms with E-state index in [1.165, 1.54) is 289 Å². The molecule has 1 atom stereocenters. The zero-order valence-corrected chi connectivity index (χ0v) is 56.0. The molecule has 0 rings (SSSR count). The lowest BCUT2D eigenvalue weighted by atomic mass is 10.0. The lowest BCUT2D eigenvalue weighted by molar-refractivity contribution is -0.167. The zero-order chi connectivity index (χ0) is 59.9. The highest BCUT2D eigenvalue weighted by molar-refractivity contribution is 5.71. The molecule has 0 spiro atoms. The van der Waals surface area contributed by atoms with Crippen LogP contribution in [0.5, 0.6) is 0 Å². The van der Waals surface area contributed by atoms with Gasteiger partial charge in [-0.3, -0.25) is 14.4 Å². The average Bonchev–Trinajstić information content (AvgIpc) is 3.49. The van der Waals surface area contributed by atoms with Gasteiger partial charge in [-0.25, -0.2) is 0 Å². The van der Waals surface area contributed by atoms with Crippen LogP contribution in [0, 0.1) is 0 Å². The van der Waals surface area contributed by atoms with E-state index >= 15 is 0 Å². The largest absolute Gasteiger partial charge is 0.462 e. The molecule has 0 aliphatic carbocycles. The minimum absolute atomic E-state index is 0.0722. The molecule has 83 heavy (non-hydrogen) atoms. The van der Waals surface area contributed by atoms with E-state index in [9.17, 15) is 14.4 Å². The SMILES string of the molecule is CCCCCC/C=C\CCCCCCCC(=O)OCC(COC(=O)CCCCCCCCCCCCCC/C=C\C/C=C\C/C=C\CCCCCCC)OC(=O)CCCCCCCCCCCCCCCCCCCCCCCCCCC. The molecular weight excluding hydrogens is 1020 g/mol. The van der Waals surface area contributed by atoms with E-state index in [2.05, 4.69) is 69.4 Å². The van der Waals surface area contributed by atoms with Crippen LogP contribution in [0.4, 0.5) is 0 Å². The van der Waals surface area contributed by atoms with Crippen LogP contribution < -0.4 is 0 Å². The number of carbonyl (C=O) groups is 3. The van der Waals surface area contributed by atoms with E-state index < -0.39 is 6.10 Å². The van der Waals surface area contributed by atoms with Crippen molar-refractivity contribution in [3.8, 4) is 0 Å². The second-order valence-electron chi connectivity index (χ2n) is 25.2. The summed E-state index contributed by atoms with van der Waals surface area (Å²) in [6, 6.07) is 0. The highest BCUT2D eigenvalue weighted by Crippen LogP contribution is 2.19. The Morgan fingerprint density at radius 2 is 0.434 bits per heavy atom. The monoisotopic (exact) mass is 1160 g/mol. The van der Waals surface area contributed by atoms with Gasteiger partial charge >= 0.3 is 17.9 Å².